The van der Waals surface area contributed by atoms with Gasteiger partial charge in [-0.2, -0.15) is 4.52 Å². The van der Waals surface area contributed by atoms with E-state index in [9.17, 15) is 4.79 Å². The van der Waals surface area contributed by atoms with Crippen LogP contribution in [0.15, 0.2) is 72.8 Å². The van der Waals surface area contributed by atoms with Crippen LogP contribution < -0.4 is 4.90 Å². The van der Waals surface area contributed by atoms with Crippen LogP contribution in [0.4, 0.5) is 5.82 Å². The summed E-state index contributed by atoms with van der Waals surface area (Å²) in [4.78, 5) is 18.0. The third kappa shape index (κ3) is 3.93. The van der Waals surface area contributed by atoms with Crippen LogP contribution >= 0.6 is 0 Å². The molecule has 0 atom stereocenters. The monoisotopic (exact) mass is 426 g/mol. The zero-order chi connectivity index (χ0) is 21.9. The number of amides is 1. The lowest BCUT2D eigenvalue weighted by atomic mass is 9.90. The molecule has 0 saturated carbocycles. The van der Waals surface area contributed by atoms with Gasteiger partial charge in [0.1, 0.15) is 5.82 Å². The summed E-state index contributed by atoms with van der Waals surface area (Å²) in [5.41, 5.74) is 2.80. The molecular weight excluding hydrogens is 400 g/mol. The van der Waals surface area contributed by atoms with Gasteiger partial charge in [0.05, 0.1) is 5.92 Å². The van der Waals surface area contributed by atoms with Crippen molar-refractivity contribution >= 4 is 17.4 Å². The molecule has 162 valence electrons. The molecule has 1 aliphatic heterocycles. The molecule has 5 rings (SSSR count). The number of benzene rings is 2. The van der Waals surface area contributed by atoms with Crippen molar-refractivity contribution in [3.05, 3.63) is 89.7 Å². The minimum atomic E-state index is -0.293. The fraction of sp³-hybridized carbons (Fsp3) is 0.280. The fourth-order valence-electron chi connectivity index (χ4n) is 4.37. The third-order valence-electron chi connectivity index (χ3n) is 6.05. The maximum absolute atomic E-state index is 13.8. The summed E-state index contributed by atoms with van der Waals surface area (Å²) in [6.07, 6.45) is 0.892. The molecule has 2 aromatic heterocycles. The van der Waals surface area contributed by atoms with Crippen LogP contribution in [0, 0.1) is 6.92 Å². The third-order valence-corrected chi connectivity index (χ3v) is 6.05. The highest BCUT2D eigenvalue weighted by Gasteiger charge is 2.29. The molecule has 0 aliphatic carbocycles. The van der Waals surface area contributed by atoms with Gasteiger partial charge in [0.25, 0.3) is 0 Å². The smallest absolute Gasteiger partial charge is 0.234 e. The summed E-state index contributed by atoms with van der Waals surface area (Å²) in [7, 11) is 0. The summed E-state index contributed by atoms with van der Waals surface area (Å²) >= 11 is 0. The summed E-state index contributed by atoms with van der Waals surface area (Å²) in [6.45, 7) is 4.88. The second kappa shape index (κ2) is 8.78. The Bertz CT molecular complexity index is 1170. The number of carbonyl (C=O) groups is 1. The number of aromatic nitrogens is 4. The van der Waals surface area contributed by atoms with Gasteiger partial charge in [-0.05, 0) is 36.6 Å². The van der Waals surface area contributed by atoms with E-state index in [1.807, 2.05) is 84.6 Å². The zero-order valence-corrected chi connectivity index (χ0v) is 18.1. The zero-order valence-electron chi connectivity index (χ0n) is 18.1. The van der Waals surface area contributed by atoms with E-state index in [0.717, 1.165) is 54.5 Å². The number of hydrogen-bond donors (Lipinski definition) is 0. The number of rotatable bonds is 4. The molecule has 0 unspecified atom stereocenters. The molecule has 1 amide bonds. The first kappa shape index (κ1) is 20.2. The molecule has 1 aliphatic rings. The van der Waals surface area contributed by atoms with Gasteiger partial charge in [-0.15, -0.1) is 15.3 Å². The molecule has 3 heterocycles. The van der Waals surface area contributed by atoms with Gasteiger partial charge >= 0.3 is 0 Å². The maximum atomic E-state index is 13.8. The summed E-state index contributed by atoms with van der Waals surface area (Å²) < 4.78 is 1.77. The minimum absolute atomic E-state index is 0.155. The Hall–Kier alpha value is -3.74. The van der Waals surface area contributed by atoms with Gasteiger partial charge in [0.2, 0.25) is 5.91 Å². The standard InChI is InChI=1S/C25H26N6O/c1-19-26-27-22-13-14-23(28-31(19)22)29-15-8-16-30(18-17-29)25(32)24(20-9-4-2-5-10-20)21-11-6-3-7-12-21/h2-7,9-14,24H,8,15-18H2,1H3. The van der Waals surface area contributed by atoms with Gasteiger partial charge in [-0.25, -0.2) is 0 Å². The summed E-state index contributed by atoms with van der Waals surface area (Å²) in [6, 6.07) is 24.1. The predicted molar refractivity (Wildman–Crippen MR) is 124 cm³/mol. The molecule has 0 spiro atoms. The first-order valence-electron chi connectivity index (χ1n) is 11.0. The maximum Gasteiger partial charge on any atom is 0.234 e. The van der Waals surface area contributed by atoms with E-state index in [2.05, 4.69) is 15.1 Å². The Kier molecular flexibility index (Phi) is 5.54. The van der Waals surface area contributed by atoms with Crippen molar-refractivity contribution in [2.45, 2.75) is 19.3 Å². The average molecular weight is 427 g/mol. The first-order chi connectivity index (χ1) is 15.7. The highest BCUT2D eigenvalue weighted by molar-refractivity contribution is 5.87. The normalized spacial score (nSPS) is 14.7. The van der Waals surface area contributed by atoms with Crippen molar-refractivity contribution < 1.29 is 4.79 Å². The fourth-order valence-corrected chi connectivity index (χ4v) is 4.37. The SMILES string of the molecule is Cc1nnc2ccc(N3CCCN(C(=O)C(c4ccccc4)c4ccccc4)CC3)nn12. The largest absolute Gasteiger partial charge is 0.353 e. The quantitative estimate of drug-likeness (QED) is 0.501. The second-order valence-corrected chi connectivity index (χ2v) is 8.13. The molecule has 0 N–H and O–H groups in total. The van der Waals surface area contributed by atoms with E-state index >= 15 is 0 Å². The van der Waals surface area contributed by atoms with Crippen LogP contribution in [-0.4, -0.2) is 56.8 Å². The van der Waals surface area contributed by atoms with Crippen LogP contribution in [0.2, 0.25) is 0 Å². The molecule has 1 saturated heterocycles. The summed E-state index contributed by atoms with van der Waals surface area (Å²) in [5, 5.41) is 12.9. The van der Waals surface area contributed by atoms with Gasteiger partial charge in [-0.3, -0.25) is 4.79 Å². The molecule has 4 aromatic rings. The highest BCUT2D eigenvalue weighted by atomic mass is 16.2. The van der Waals surface area contributed by atoms with E-state index in [1.54, 1.807) is 4.52 Å². The minimum Gasteiger partial charge on any atom is -0.353 e. The van der Waals surface area contributed by atoms with E-state index in [0.29, 0.717) is 6.54 Å². The molecule has 2 aromatic carbocycles. The van der Waals surface area contributed by atoms with Crippen molar-refractivity contribution in [2.75, 3.05) is 31.1 Å². The average Bonchev–Trinajstić information content (AvgIpc) is 3.05. The van der Waals surface area contributed by atoms with Crippen molar-refractivity contribution in [1.82, 2.24) is 24.7 Å². The Morgan fingerprint density at radius 2 is 1.50 bits per heavy atom. The number of aryl methyl sites for hydroxylation is 1. The second-order valence-electron chi connectivity index (χ2n) is 8.13. The Balaban J connectivity index is 1.37. The lowest BCUT2D eigenvalue weighted by Crippen LogP contribution is -2.38. The molecule has 0 bridgehead atoms. The van der Waals surface area contributed by atoms with Gasteiger partial charge in [0, 0.05) is 26.2 Å². The lowest BCUT2D eigenvalue weighted by Gasteiger charge is -2.27. The van der Waals surface area contributed by atoms with Crippen LogP contribution in [-0.2, 0) is 4.79 Å². The number of carbonyl (C=O) groups excluding carboxylic acids is 1. The van der Waals surface area contributed by atoms with E-state index in [-0.39, 0.29) is 11.8 Å². The Labute approximate surface area is 187 Å². The first-order valence-corrected chi connectivity index (χ1v) is 11.0. The van der Waals surface area contributed by atoms with Crippen molar-refractivity contribution in [2.24, 2.45) is 0 Å². The van der Waals surface area contributed by atoms with Gasteiger partial charge in [0.15, 0.2) is 11.5 Å². The number of nitrogens with zero attached hydrogens (tertiary/aromatic N) is 6. The lowest BCUT2D eigenvalue weighted by molar-refractivity contribution is -0.131. The Morgan fingerprint density at radius 1 is 0.812 bits per heavy atom. The van der Waals surface area contributed by atoms with Crippen LogP contribution in [0.3, 0.4) is 0 Å². The number of anilines is 1. The summed E-state index contributed by atoms with van der Waals surface area (Å²) in [5.74, 6) is 1.51. The molecule has 0 radical (unpaired) electrons. The van der Waals surface area contributed by atoms with Crippen LogP contribution in [0.25, 0.3) is 5.65 Å². The van der Waals surface area contributed by atoms with Gasteiger partial charge in [-0.1, -0.05) is 60.7 Å². The van der Waals surface area contributed by atoms with Gasteiger partial charge < -0.3 is 9.80 Å². The topological polar surface area (TPSA) is 66.6 Å². The predicted octanol–water partition coefficient (Wildman–Crippen LogP) is 3.30. The van der Waals surface area contributed by atoms with Crippen molar-refractivity contribution in [1.29, 1.82) is 0 Å². The molecule has 1 fully saturated rings. The number of fused-ring (bicyclic) bond motifs is 1. The molecular formula is C25H26N6O. The highest BCUT2D eigenvalue weighted by Crippen LogP contribution is 2.27. The van der Waals surface area contributed by atoms with Crippen molar-refractivity contribution in [3.8, 4) is 0 Å². The van der Waals surface area contributed by atoms with E-state index < -0.39 is 0 Å². The molecule has 32 heavy (non-hydrogen) atoms. The van der Waals surface area contributed by atoms with E-state index in [4.69, 9.17) is 5.10 Å². The van der Waals surface area contributed by atoms with Crippen LogP contribution in [0.1, 0.15) is 29.3 Å². The van der Waals surface area contributed by atoms with Crippen LogP contribution in [0.5, 0.6) is 0 Å². The van der Waals surface area contributed by atoms with E-state index in [1.165, 1.54) is 0 Å². The number of hydrogen-bond acceptors (Lipinski definition) is 5. The molecule has 7 nitrogen and oxygen atoms in total. The Morgan fingerprint density at radius 3 is 2.19 bits per heavy atom. The molecule has 7 heteroatoms. The van der Waals surface area contributed by atoms with Crippen molar-refractivity contribution in [3.63, 3.8) is 0 Å².